The summed E-state index contributed by atoms with van der Waals surface area (Å²) in [6.45, 7) is 6.25. The molecular formula is C23H28N4O3S. The lowest BCUT2D eigenvalue weighted by Crippen LogP contribution is -2.27. The van der Waals surface area contributed by atoms with E-state index < -0.39 is 15.7 Å². The van der Waals surface area contributed by atoms with Gasteiger partial charge in [-0.2, -0.15) is 0 Å². The number of benzene rings is 2. The van der Waals surface area contributed by atoms with Gasteiger partial charge in [0.15, 0.2) is 9.84 Å². The third-order valence-corrected chi connectivity index (χ3v) is 6.59. The summed E-state index contributed by atoms with van der Waals surface area (Å²) in [6.07, 6.45) is 0.330. The van der Waals surface area contributed by atoms with E-state index in [1.807, 2.05) is 42.5 Å². The zero-order valence-corrected chi connectivity index (χ0v) is 18.9. The molecule has 0 bridgehead atoms. The number of nitrogens with zero attached hydrogens (tertiary/aromatic N) is 3. The normalized spacial score (nSPS) is 11.6. The molecule has 2 aromatic carbocycles. The summed E-state index contributed by atoms with van der Waals surface area (Å²) in [6, 6.07) is 17.0. The Kier molecular flexibility index (Phi) is 7.22. The number of amides is 1. The standard InChI is InChI=1S/C23H28N4O3S/c1-17(2)20-12-7-8-13-21(20)27-18(3)25-22(26-27)23(28)24-14-9-15-31(29,30)16-19-10-5-4-6-11-19/h4-8,10-13,17H,9,14-16H2,1-3H3,(H,24,28). The summed E-state index contributed by atoms with van der Waals surface area (Å²) in [7, 11) is -3.24. The molecule has 8 heteroatoms. The molecule has 3 aromatic rings. The van der Waals surface area contributed by atoms with Crippen LogP contribution in [0.1, 0.15) is 53.8 Å². The largest absolute Gasteiger partial charge is 0.349 e. The van der Waals surface area contributed by atoms with Crippen molar-refractivity contribution in [1.82, 2.24) is 20.1 Å². The fraction of sp³-hybridized carbons (Fsp3) is 0.348. The van der Waals surface area contributed by atoms with Gasteiger partial charge in [0, 0.05) is 6.54 Å². The summed E-state index contributed by atoms with van der Waals surface area (Å²) < 4.78 is 26.2. The van der Waals surface area contributed by atoms with E-state index in [0.29, 0.717) is 18.2 Å². The zero-order chi connectivity index (χ0) is 22.4. The first kappa shape index (κ1) is 22.7. The number of carbonyl (C=O) groups excluding carboxylic acids is 1. The molecule has 31 heavy (non-hydrogen) atoms. The molecule has 7 nitrogen and oxygen atoms in total. The van der Waals surface area contributed by atoms with Gasteiger partial charge in [0.05, 0.1) is 17.2 Å². The molecule has 1 amide bonds. The predicted octanol–water partition coefficient (Wildman–Crippen LogP) is 3.43. The van der Waals surface area contributed by atoms with Gasteiger partial charge in [-0.25, -0.2) is 18.1 Å². The van der Waals surface area contributed by atoms with Crippen molar-refractivity contribution in [3.8, 4) is 5.69 Å². The van der Waals surface area contributed by atoms with E-state index in [0.717, 1.165) is 16.8 Å². The van der Waals surface area contributed by atoms with Crippen molar-refractivity contribution >= 4 is 15.7 Å². The lowest BCUT2D eigenvalue weighted by molar-refractivity contribution is 0.0943. The van der Waals surface area contributed by atoms with Crippen molar-refractivity contribution in [1.29, 1.82) is 0 Å². The molecule has 0 saturated carbocycles. The Labute approximate surface area is 183 Å². The van der Waals surface area contributed by atoms with Crippen LogP contribution in [0.25, 0.3) is 5.69 Å². The summed E-state index contributed by atoms with van der Waals surface area (Å²) >= 11 is 0. The molecule has 0 fully saturated rings. The lowest BCUT2D eigenvalue weighted by Gasteiger charge is -2.12. The molecule has 1 aromatic heterocycles. The van der Waals surface area contributed by atoms with Crippen LogP contribution in [0.3, 0.4) is 0 Å². The fourth-order valence-corrected chi connectivity index (χ4v) is 4.79. The molecule has 1 heterocycles. The molecule has 3 rings (SSSR count). The number of sulfone groups is 1. The van der Waals surface area contributed by atoms with E-state index in [-0.39, 0.29) is 23.9 Å². The summed E-state index contributed by atoms with van der Waals surface area (Å²) in [4.78, 5) is 16.8. The average Bonchev–Trinajstić information content (AvgIpc) is 3.13. The number of aromatic nitrogens is 3. The number of nitrogens with one attached hydrogen (secondary N) is 1. The minimum atomic E-state index is -3.24. The van der Waals surface area contributed by atoms with E-state index in [9.17, 15) is 13.2 Å². The van der Waals surface area contributed by atoms with Gasteiger partial charge in [0.2, 0.25) is 5.82 Å². The maximum Gasteiger partial charge on any atom is 0.290 e. The smallest absolute Gasteiger partial charge is 0.290 e. The van der Waals surface area contributed by atoms with E-state index in [1.54, 1.807) is 23.7 Å². The van der Waals surface area contributed by atoms with Gasteiger partial charge in [0.1, 0.15) is 5.82 Å². The van der Waals surface area contributed by atoms with Gasteiger partial charge < -0.3 is 5.32 Å². The van der Waals surface area contributed by atoms with Gasteiger partial charge in [-0.05, 0) is 36.5 Å². The Morgan fingerprint density at radius 1 is 1.06 bits per heavy atom. The molecule has 1 N–H and O–H groups in total. The molecular weight excluding hydrogens is 412 g/mol. The highest BCUT2D eigenvalue weighted by molar-refractivity contribution is 7.90. The van der Waals surface area contributed by atoms with Crippen LogP contribution in [0.2, 0.25) is 0 Å². The van der Waals surface area contributed by atoms with Gasteiger partial charge in [-0.3, -0.25) is 4.79 Å². The topological polar surface area (TPSA) is 93.9 Å². The minimum Gasteiger partial charge on any atom is -0.349 e. The van der Waals surface area contributed by atoms with Crippen LogP contribution in [-0.2, 0) is 15.6 Å². The molecule has 0 aliphatic heterocycles. The second-order valence-electron chi connectivity index (χ2n) is 7.80. The van der Waals surface area contributed by atoms with Gasteiger partial charge in [0.25, 0.3) is 5.91 Å². The van der Waals surface area contributed by atoms with Crippen LogP contribution >= 0.6 is 0 Å². The van der Waals surface area contributed by atoms with Crippen LogP contribution in [0, 0.1) is 6.92 Å². The van der Waals surface area contributed by atoms with Crippen molar-refractivity contribution in [2.24, 2.45) is 0 Å². The van der Waals surface area contributed by atoms with Gasteiger partial charge >= 0.3 is 0 Å². The maximum absolute atomic E-state index is 12.5. The third kappa shape index (κ3) is 6.01. The number of aryl methyl sites for hydroxylation is 1. The number of hydrogen-bond acceptors (Lipinski definition) is 5. The van der Waals surface area contributed by atoms with E-state index in [1.165, 1.54) is 0 Å². The number of rotatable bonds is 9. The molecule has 0 aliphatic carbocycles. The SMILES string of the molecule is Cc1nc(C(=O)NCCCS(=O)(=O)Cc2ccccc2)nn1-c1ccccc1C(C)C. The molecule has 0 atom stereocenters. The van der Waals surface area contributed by atoms with Crippen molar-refractivity contribution in [3.05, 3.63) is 77.4 Å². The number of carbonyl (C=O) groups is 1. The molecule has 0 unspecified atom stereocenters. The fourth-order valence-electron chi connectivity index (χ4n) is 3.36. The van der Waals surface area contributed by atoms with E-state index in [4.69, 9.17) is 0 Å². The van der Waals surface area contributed by atoms with Crippen LogP contribution < -0.4 is 5.32 Å². The number of para-hydroxylation sites is 1. The van der Waals surface area contributed by atoms with Crippen molar-refractivity contribution < 1.29 is 13.2 Å². The highest BCUT2D eigenvalue weighted by atomic mass is 32.2. The molecule has 0 radical (unpaired) electrons. The van der Waals surface area contributed by atoms with E-state index >= 15 is 0 Å². The van der Waals surface area contributed by atoms with Crippen molar-refractivity contribution in [2.45, 2.75) is 38.9 Å². The molecule has 164 valence electrons. The van der Waals surface area contributed by atoms with Gasteiger partial charge in [-0.15, -0.1) is 5.10 Å². The molecule has 0 aliphatic rings. The first-order chi connectivity index (χ1) is 14.8. The first-order valence-corrected chi connectivity index (χ1v) is 12.1. The Hall–Kier alpha value is -3.00. The van der Waals surface area contributed by atoms with E-state index in [2.05, 4.69) is 29.2 Å². The summed E-state index contributed by atoms with van der Waals surface area (Å²) in [5.41, 5.74) is 2.78. The summed E-state index contributed by atoms with van der Waals surface area (Å²) in [5.74, 6) is 0.582. The van der Waals surface area contributed by atoms with Crippen LogP contribution in [0.5, 0.6) is 0 Å². The van der Waals surface area contributed by atoms with Crippen LogP contribution in [0.15, 0.2) is 54.6 Å². The number of hydrogen-bond donors (Lipinski definition) is 1. The monoisotopic (exact) mass is 440 g/mol. The van der Waals surface area contributed by atoms with Gasteiger partial charge in [-0.1, -0.05) is 62.4 Å². The first-order valence-electron chi connectivity index (χ1n) is 10.3. The zero-order valence-electron chi connectivity index (χ0n) is 18.1. The Morgan fingerprint density at radius 2 is 1.74 bits per heavy atom. The highest BCUT2D eigenvalue weighted by Crippen LogP contribution is 2.23. The Bertz CT molecular complexity index is 1140. The third-order valence-electron chi connectivity index (χ3n) is 4.91. The van der Waals surface area contributed by atoms with Crippen molar-refractivity contribution in [3.63, 3.8) is 0 Å². The molecule has 0 spiro atoms. The predicted molar refractivity (Wildman–Crippen MR) is 121 cm³/mol. The lowest BCUT2D eigenvalue weighted by atomic mass is 10.0. The highest BCUT2D eigenvalue weighted by Gasteiger charge is 2.18. The second kappa shape index (κ2) is 9.87. The van der Waals surface area contributed by atoms with Crippen LogP contribution in [-0.4, -0.2) is 41.4 Å². The quantitative estimate of drug-likeness (QED) is 0.515. The minimum absolute atomic E-state index is 0.00219. The Morgan fingerprint density at radius 3 is 2.45 bits per heavy atom. The van der Waals surface area contributed by atoms with Crippen molar-refractivity contribution in [2.75, 3.05) is 12.3 Å². The Balaban J connectivity index is 1.58. The van der Waals surface area contributed by atoms with Crippen LogP contribution in [0.4, 0.5) is 0 Å². The average molecular weight is 441 g/mol. The molecule has 0 saturated heterocycles. The second-order valence-corrected chi connectivity index (χ2v) is 9.98. The maximum atomic E-state index is 12.5. The summed E-state index contributed by atoms with van der Waals surface area (Å²) in [5, 5.41) is 7.10.